The normalized spacial score (nSPS) is 18.7. The fourth-order valence-corrected chi connectivity index (χ4v) is 5.15. The van der Waals surface area contributed by atoms with Crippen molar-refractivity contribution in [3.05, 3.63) is 33.6 Å². The first kappa shape index (κ1) is 35.5. The monoisotopic (exact) mass is 608 g/mol. The minimum atomic E-state index is 0.432. The van der Waals surface area contributed by atoms with Gasteiger partial charge in [-0.15, -0.1) is 20.4 Å². The van der Waals surface area contributed by atoms with E-state index in [1.807, 2.05) is 12.1 Å². The maximum Gasteiger partial charge on any atom is 0.155 e. The van der Waals surface area contributed by atoms with Gasteiger partial charge in [0.1, 0.15) is 11.6 Å². The van der Waals surface area contributed by atoms with Gasteiger partial charge in [0.05, 0.1) is 0 Å². The number of hydrogen-bond donors (Lipinski definition) is 2. The zero-order chi connectivity index (χ0) is 30.0. The van der Waals surface area contributed by atoms with Crippen LogP contribution in [0.4, 0.5) is 11.6 Å². The van der Waals surface area contributed by atoms with Gasteiger partial charge in [0.15, 0.2) is 10.3 Å². The quantitative estimate of drug-likeness (QED) is 0.365. The number of nitrogen functional groups attached to an aromatic ring is 2. The maximum absolute atomic E-state index is 5.80. The number of halogens is 2. The summed E-state index contributed by atoms with van der Waals surface area (Å²) in [5.41, 5.74) is 13.2. The number of aromatic nitrogens is 4. The van der Waals surface area contributed by atoms with E-state index in [4.69, 9.17) is 34.7 Å². The molecule has 0 radical (unpaired) electrons. The number of hydrogen-bond acceptors (Lipinski definition) is 8. The predicted molar refractivity (Wildman–Crippen MR) is 175 cm³/mol. The second-order valence-corrected chi connectivity index (χ2v) is 12.0. The third kappa shape index (κ3) is 14.8. The SMILES string of the molecule is CCC.CCN1CCCCC1.CCN1CCCCC1.Nc1cc(C2CC2)c(Cl)nn1.Nc1nnc(Cl)cc1C1CC1. The largest absolute Gasteiger partial charge is 0.382 e. The molecule has 8 nitrogen and oxygen atoms in total. The van der Waals surface area contributed by atoms with E-state index in [1.54, 1.807) is 0 Å². The minimum Gasteiger partial charge on any atom is -0.382 e. The molecular formula is C31H54Cl2N8. The summed E-state index contributed by atoms with van der Waals surface area (Å²) in [4.78, 5) is 5.03. The molecule has 2 aromatic rings. The molecular weight excluding hydrogens is 555 g/mol. The van der Waals surface area contributed by atoms with Crippen molar-refractivity contribution in [2.24, 2.45) is 0 Å². The molecule has 4 heterocycles. The lowest BCUT2D eigenvalue weighted by Crippen LogP contribution is -2.29. The summed E-state index contributed by atoms with van der Waals surface area (Å²) in [6.45, 7) is 16.6. The molecule has 10 heteroatoms. The fraction of sp³-hybridized carbons (Fsp3) is 0.742. The first-order valence-corrected chi connectivity index (χ1v) is 16.6. The number of nitrogens with zero attached hydrogens (tertiary/aromatic N) is 6. The van der Waals surface area contributed by atoms with Crippen LogP contribution in [0.25, 0.3) is 0 Å². The van der Waals surface area contributed by atoms with Crippen molar-refractivity contribution >= 4 is 34.8 Å². The van der Waals surface area contributed by atoms with Crippen molar-refractivity contribution in [2.45, 2.75) is 110 Å². The van der Waals surface area contributed by atoms with Crippen molar-refractivity contribution in [1.29, 1.82) is 0 Å². The molecule has 0 amide bonds. The minimum absolute atomic E-state index is 0.432. The first-order valence-electron chi connectivity index (χ1n) is 15.8. The van der Waals surface area contributed by atoms with Gasteiger partial charge in [-0.05, 0) is 120 Å². The Morgan fingerprint density at radius 1 is 0.659 bits per heavy atom. The van der Waals surface area contributed by atoms with Gasteiger partial charge < -0.3 is 21.3 Å². The van der Waals surface area contributed by atoms with Crippen molar-refractivity contribution in [1.82, 2.24) is 30.2 Å². The molecule has 2 aliphatic carbocycles. The van der Waals surface area contributed by atoms with Gasteiger partial charge >= 0.3 is 0 Å². The second kappa shape index (κ2) is 20.2. The van der Waals surface area contributed by atoms with E-state index in [-0.39, 0.29) is 0 Å². The highest BCUT2D eigenvalue weighted by Crippen LogP contribution is 2.43. The number of likely N-dealkylation sites (tertiary alicyclic amines) is 2. The molecule has 6 rings (SSSR count). The first-order chi connectivity index (χ1) is 19.8. The molecule has 4 fully saturated rings. The van der Waals surface area contributed by atoms with Gasteiger partial charge in [-0.1, -0.05) is 70.2 Å². The molecule has 0 aromatic carbocycles. The van der Waals surface area contributed by atoms with E-state index in [0.29, 0.717) is 33.8 Å². The van der Waals surface area contributed by atoms with Crippen LogP contribution < -0.4 is 11.5 Å². The summed E-state index contributed by atoms with van der Waals surface area (Å²) in [7, 11) is 0. The van der Waals surface area contributed by atoms with E-state index in [9.17, 15) is 0 Å². The molecule has 41 heavy (non-hydrogen) atoms. The Bertz CT molecular complexity index is 895. The molecule has 2 saturated heterocycles. The van der Waals surface area contributed by atoms with E-state index in [2.05, 4.69) is 57.9 Å². The van der Waals surface area contributed by atoms with Crippen LogP contribution in [0.15, 0.2) is 12.1 Å². The molecule has 0 unspecified atom stereocenters. The van der Waals surface area contributed by atoms with Gasteiger partial charge in [-0.25, -0.2) is 0 Å². The van der Waals surface area contributed by atoms with E-state index < -0.39 is 0 Å². The Hall–Kier alpha value is -1.74. The standard InChI is InChI=1S/2C7H8ClN3.2C7H15N.C3H8/c8-7-5(4-1-2-4)3-6(9)10-11-7;8-6-3-5(4-1-2-4)7(9)11-10-6;2*1-2-8-6-4-3-5-7-8;1-3-2/h3-4H,1-2H2,(H2,9,10);3-4H,1-2H2,(H2,9,11);2*2-7H2,1H3;3H2,1-2H3. The summed E-state index contributed by atoms with van der Waals surface area (Å²) in [6, 6.07) is 3.62. The topological polar surface area (TPSA) is 110 Å². The van der Waals surface area contributed by atoms with Crippen LogP contribution in [0, 0.1) is 0 Å². The van der Waals surface area contributed by atoms with Crippen LogP contribution in [0.1, 0.15) is 121 Å². The Kier molecular flexibility index (Phi) is 17.5. The van der Waals surface area contributed by atoms with Crippen LogP contribution in [0.5, 0.6) is 0 Å². The maximum atomic E-state index is 5.80. The van der Waals surface area contributed by atoms with E-state index >= 15 is 0 Å². The van der Waals surface area contributed by atoms with E-state index in [0.717, 1.165) is 11.1 Å². The predicted octanol–water partition coefficient (Wildman–Crippen LogP) is 7.58. The number of rotatable bonds is 4. The van der Waals surface area contributed by atoms with Crippen LogP contribution in [-0.4, -0.2) is 69.5 Å². The van der Waals surface area contributed by atoms with Crippen LogP contribution >= 0.6 is 23.2 Å². The van der Waals surface area contributed by atoms with Crippen molar-refractivity contribution in [3.8, 4) is 0 Å². The number of nitrogens with two attached hydrogens (primary N) is 2. The highest BCUT2D eigenvalue weighted by molar-refractivity contribution is 6.30. The summed E-state index contributed by atoms with van der Waals surface area (Å²) < 4.78 is 0. The zero-order valence-electron chi connectivity index (χ0n) is 25.9. The number of anilines is 2. The summed E-state index contributed by atoms with van der Waals surface area (Å²) >= 11 is 11.5. The zero-order valence-corrected chi connectivity index (χ0v) is 27.4. The van der Waals surface area contributed by atoms with Crippen LogP contribution in [0.2, 0.25) is 10.3 Å². The highest BCUT2D eigenvalue weighted by Gasteiger charge is 2.27. The molecule has 232 valence electrons. The summed E-state index contributed by atoms with van der Waals surface area (Å²) in [6.07, 6.45) is 14.7. The Morgan fingerprint density at radius 3 is 1.54 bits per heavy atom. The average Bonchev–Trinajstić information content (AvgIpc) is 3.92. The molecule has 0 bridgehead atoms. The van der Waals surface area contributed by atoms with Gasteiger partial charge in [-0.2, -0.15) is 0 Å². The van der Waals surface area contributed by atoms with Crippen molar-refractivity contribution in [2.75, 3.05) is 50.7 Å². The molecule has 0 spiro atoms. The Balaban J connectivity index is 0.000000187. The van der Waals surface area contributed by atoms with Crippen molar-refractivity contribution in [3.63, 3.8) is 0 Å². The van der Waals surface area contributed by atoms with Gasteiger partial charge in [0.2, 0.25) is 0 Å². The van der Waals surface area contributed by atoms with Crippen molar-refractivity contribution < 1.29 is 0 Å². The van der Waals surface area contributed by atoms with Gasteiger partial charge in [0, 0.05) is 5.56 Å². The smallest absolute Gasteiger partial charge is 0.155 e. The summed E-state index contributed by atoms with van der Waals surface area (Å²) in [5.74, 6) is 2.15. The molecule has 2 aliphatic heterocycles. The molecule has 2 saturated carbocycles. The number of piperidine rings is 2. The third-order valence-electron chi connectivity index (χ3n) is 7.44. The second-order valence-electron chi connectivity index (χ2n) is 11.3. The summed E-state index contributed by atoms with van der Waals surface area (Å²) in [5, 5.41) is 15.7. The highest BCUT2D eigenvalue weighted by atomic mass is 35.5. The molecule has 4 aliphatic rings. The average molecular weight is 610 g/mol. The van der Waals surface area contributed by atoms with Crippen LogP contribution in [0.3, 0.4) is 0 Å². The Morgan fingerprint density at radius 2 is 1.12 bits per heavy atom. The lowest BCUT2D eigenvalue weighted by Gasteiger charge is -2.24. The third-order valence-corrected chi connectivity index (χ3v) is 7.92. The van der Waals surface area contributed by atoms with Crippen LogP contribution in [-0.2, 0) is 0 Å². The van der Waals surface area contributed by atoms with Gasteiger partial charge in [-0.3, -0.25) is 0 Å². The lowest BCUT2D eigenvalue weighted by molar-refractivity contribution is 0.240. The molecule has 2 aromatic heterocycles. The molecule has 0 atom stereocenters. The van der Waals surface area contributed by atoms with Gasteiger partial charge in [0.25, 0.3) is 0 Å². The Labute approximate surface area is 259 Å². The lowest BCUT2D eigenvalue weighted by atomic mass is 10.1. The fourth-order valence-electron chi connectivity index (χ4n) is 4.75. The molecule has 4 N–H and O–H groups in total. The van der Waals surface area contributed by atoms with E-state index in [1.165, 1.54) is 110 Å².